The highest BCUT2D eigenvalue weighted by Gasteiger charge is 2.38. The maximum Gasteiger partial charge on any atom is 0.119 e. The third kappa shape index (κ3) is 3.87. The maximum atomic E-state index is 5.41. The topological polar surface area (TPSA) is 9.23 Å². The molecular weight excluding hydrogens is 316 g/mol. The van der Waals surface area contributed by atoms with Crippen LogP contribution in [0.15, 0.2) is 30.9 Å². The molecule has 3 aliphatic carbocycles. The minimum absolute atomic E-state index is 0.926. The molecule has 0 N–H and O–H groups in total. The Bertz CT molecular complexity index is 619. The fourth-order valence-electron chi connectivity index (χ4n) is 6.36. The van der Waals surface area contributed by atoms with Gasteiger partial charge in [0.2, 0.25) is 0 Å². The maximum absolute atomic E-state index is 5.41. The molecule has 1 heteroatoms. The van der Waals surface area contributed by atoms with Crippen LogP contribution in [0.1, 0.15) is 68.9 Å². The van der Waals surface area contributed by atoms with Gasteiger partial charge >= 0.3 is 0 Å². The Labute approximate surface area is 160 Å². The van der Waals surface area contributed by atoms with Gasteiger partial charge in [0.15, 0.2) is 0 Å². The fraction of sp³-hybridized carbons (Fsp3) is 0.680. The van der Waals surface area contributed by atoms with Gasteiger partial charge in [-0.15, -0.1) is 6.58 Å². The van der Waals surface area contributed by atoms with Crippen LogP contribution in [0, 0.1) is 29.6 Å². The van der Waals surface area contributed by atoms with E-state index in [1.807, 2.05) is 0 Å². The molecule has 3 unspecified atom stereocenters. The van der Waals surface area contributed by atoms with Gasteiger partial charge in [-0.05, 0) is 117 Å². The van der Waals surface area contributed by atoms with Crippen molar-refractivity contribution in [2.45, 2.75) is 70.6 Å². The van der Waals surface area contributed by atoms with Crippen LogP contribution < -0.4 is 4.74 Å². The van der Waals surface area contributed by atoms with E-state index in [4.69, 9.17) is 4.74 Å². The van der Waals surface area contributed by atoms with Gasteiger partial charge in [0.25, 0.3) is 0 Å². The normalized spacial score (nSPS) is 33.8. The molecule has 4 rings (SSSR count). The Morgan fingerprint density at radius 1 is 0.962 bits per heavy atom. The van der Waals surface area contributed by atoms with E-state index in [1.165, 1.54) is 76.2 Å². The summed E-state index contributed by atoms with van der Waals surface area (Å²) in [6.45, 7) is 3.91. The van der Waals surface area contributed by atoms with Gasteiger partial charge < -0.3 is 4.74 Å². The number of benzene rings is 1. The van der Waals surface area contributed by atoms with Crippen molar-refractivity contribution in [2.75, 3.05) is 7.11 Å². The van der Waals surface area contributed by atoms with E-state index in [0.717, 1.165) is 35.3 Å². The van der Waals surface area contributed by atoms with E-state index in [0.29, 0.717) is 0 Å². The van der Waals surface area contributed by atoms with Crippen molar-refractivity contribution in [1.82, 2.24) is 0 Å². The lowest BCUT2D eigenvalue weighted by Gasteiger charge is -2.45. The summed E-state index contributed by atoms with van der Waals surface area (Å²) in [4.78, 5) is 0. The van der Waals surface area contributed by atoms with Gasteiger partial charge in [0.05, 0.1) is 7.11 Å². The number of aryl methyl sites for hydroxylation is 1. The molecule has 5 atom stereocenters. The molecule has 2 saturated carbocycles. The van der Waals surface area contributed by atoms with E-state index in [2.05, 4.69) is 30.9 Å². The summed E-state index contributed by atoms with van der Waals surface area (Å²) in [5.74, 6) is 5.99. The standard InChI is InChI=1S/C25H36O/c1-3-4-5-18-6-7-20-15-21(9-8-19(20)14-18)22-10-11-24-17-25(26-2)13-12-23(24)16-22/h3,12-13,17-22H,1,4-11,14-16H2,2H3/t18-,19?,20-,21?,22?/m1/s1. The number of methoxy groups -OCH3 is 1. The second-order valence-electron chi connectivity index (χ2n) is 9.28. The smallest absolute Gasteiger partial charge is 0.119 e. The molecular formula is C25H36O. The van der Waals surface area contributed by atoms with Gasteiger partial charge in [0, 0.05) is 0 Å². The highest BCUT2D eigenvalue weighted by atomic mass is 16.5. The van der Waals surface area contributed by atoms with Gasteiger partial charge in [-0.2, -0.15) is 0 Å². The molecule has 0 amide bonds. The van der Waals surface area contributed by atoms with E-state index < -0.39 is 0 Å². The SMILES string of the molecule is C=CCC[C@@H]1CC[C@@H]2CC(C3CCc4cc(OC)ccc4C3)CCC2C1. The van der Waals surface area contributed by atoms with Crippen molar-refractivity contribution in [1.29, 1.82) is 0 Å². The van der Waals surface area contributed by atoms with Crippen molar-refractivity contribution < 1.29 is 4.74 Å². The van der Waals surface area contributed by atoms with Crippen molar-refractivity contribution in [2.24, 2.45) is 29.6 Å². The Balaban J connectivity index is 1.34. The summed E-state index contributed by atoms with van der Waals surface area (Å²) in [7, 11) is 1.78. The van der Waals surface area contributed by atoms with Crippen LogP contribution in [-0.4, -0.2) is 7.11 Å². The minimum Gasteiger partial charge on any atom is -0.497 e. The molecule has 3 aliphatic rings. The lowest BCUT2D eigenvalue weighted by atomic mass is 9.61. The zero-order valence-corrected chi connectivity index (χ0v) is 16.6. The van der Waals surface area contributed by atoms with Crippen LogP contribution in [0.2, 0.25) is 0 Å². The fourth-order valence-corrected chi connectivity index (χ4v) is 6.36. The Kier molecular flexibility index (Phi) is 5.72. The number of hydrogen-bond acceptors (Lipinski definition) is 1. The molecule has 0 spiro atoms. The Morgan fingerprint density at radius 2 is 1.73 bits per heavy atom. The predicted octanol–water partition coefficient (Wildman–Crippen LogP) is 6.60. The molecule has 0 saturated heterocycles. The van der Waals surface area contributed by atoms with Crippen LogP contribution in [0.3, 0.4) is 0 Å². The summed E-state index contributed by atoms with van der Waals surface area (Å²) in [5, 5.41) is 0. The number of hydrogen-bond donors (Lipinski definition) is 0. The average Bonchev–Trinajstić information content (AvgIpc) is 2.70. The zero-order valence-electron chi connectivity index (χ0n) is 16.6. The molecule has 0 heterocycles. The highest BCUT2D eigenvalue weighted by molar-refractivity contribution is 5.37. The van der Waals surface area contributed by atoms with Gasteiger partial charge in [-0.3, -0.25) is 0 Å². The predicted molar refractivity (Wildman–Crippen MR) is 110 cm³/mol. The van der Waals surface area contributed by atoms with Gasteiger partial charge in [-0.1, -0.05) is 18.6 Å². The quantitative estimate of drug-likeness (QED) is 0.542. The molecule has 1 nitrogen and oxygen atoms in total. The van der Waals surface area contributed by atoms with Crippen molar-refractivity contribution in [3.05, 3.63) is 42.0 Å². The van der Waals surface area contributed by atoms with Crippen LogP contribution >= 0.6 is 0 Å². The number of fused-ring (bicyclic) bond motifs is 2. The number of allylic oxidation sites excluding steroid dienone is 1. The number of ether oxygens (including phenoxy) is 1. The third-order valence-corrected chi connectivity index (χ3v) is 7.89. The van der Waals surface area contributed by atoms with E-state index in [-0.39, 0.29) is 0 Å². The molecule has 2 fully saturated rings. The molecule has 142 valence electrons. The van der Waals surface area contributed by atoms with E-state index in [1.54, 1.807) is 12.7 Å². The second kappa shape index (κ2) is 8.19. The zero-order chi connectivity index (χ0) is 17.9. The first-order chi connectivity index (χ1) is 12.8. The second-order valence-corrected chi connectivity index (χ2v) is 9.28. The van der Waals surface area contributed by atoms with E-state index >= 15 is 0 Å². The Morgan fingerprint density at radius 3 is 2.54 bits per heavy atom. The Hall–Kier alpha value is -1.24. The highest BCUT2D eigenvalue weighted by Crippen LogP contribution is 2.49. The van der Waals surface area contributed by atoms with E-state index in [9.17, 15) is 0 Å². The minimum atomic E-state index is 0.926. The lowest BCUT2D eigenvalue weighted by Crippen LogP contribution is -2.35. The summed E-state index contributed by atoms with van der Waals surface area (Å²) < 4.78 is 5.41. The summed E-state index contributed by atoms with van der Waals surface area (Å²) >= 11 is 0. The molecule has 0 radical (unpaired) electrons. The van der Waals surface area contributed by atoms with Crippen molar-refractivity contribution in [3.63, 3.8) is 0 Å². The average molecular weight is 353 g/mol. The summed E-state index contributed by atoms with van der Waals surface area (Å²) in [6, 6.07) is 6.76. The van der Waals surface area contributed by atoms with Crippen LogP contribution in [0.4, 0.5) is 0 Å². The van der Waals surface area contributed by atoms with Gasteiger partial charge in [0.1, 0.15) is 5.75 Å². The molecule has 1 aromatic rings. The molecule has 26 heavy (non-hydrogen) atoms. The first-order valence-corrected chi connectivity index (χ1v) is 11.0. The molecule has 0 bridgehead atoms. The summed E-state index contributed by atoms with van der Waals surface area (Å²) in [5.41, 5.74) is 3.13. The van der Waals surface area contributed by atoms with Crippen molar-refractivity contribution in [3.8, 4) is 5.75 Å². The molecule has 0 aromatic heterocycles. The largest absolute Gasteiger partial charge is 0.497 e. The van der Waals surface area contributed by atoms with Crippen molar-refractivity contribution >= 4 is 0 Å². The van der Waals surface area contributed by atoms with Crippen LogP contribution in [0.25, 0.3) is 0 Å². The molecule has 0 aliphatic heterocycles. The van der Waals surface area contributed by atoms with Crippen LogP contribution in [-0.2, 0) is 12.8 Å². The number of rotatable bonds is 5. The lowest BCUT2D eigenvalue weighted by molar-refractivity contribution is 0.0699. The summed E-state index contributed by atoms with van der Waals surface area (Å²) in [6.07, 6.45) is 17.7. The first kappa shape index (κ1) is 18.1. The first-order valence-electron chi connectivity index (χ1n) is 11.0. The monoisotopic (exact) mass is 352 g/mol. The van der Waals surface area contributed by atoms with Gasteiger partial charge in [-0.25, -0.2) is 0 Å². The van der Waals surface area contributed by atoms with Crippen LogP contribution in [0.5, 0.6) is 5.75 Å². The third-order valence-electron chi connectivity index (χ3n) is 7.89. The molecule has 1 aromatic carbocycles.